The van der Waals surface area contributed by atoms with E-state index < -0.39 is 0 Å². The molecule has 1 aliphatic rings. The molecule has 1 atom stereocenters. The fourth-order valence-corrected chi connectivity index (χ4v) is 2.49. The lowest BCUT2D eigenvalue weighted by atomic mass is 9.85. The van der Waals surface area contributed by atoms with E-state index >= 15 is 0 Å². The molecule has 1 unspecified atom stereocenters. The van der Waals surface area contributed by atoms with Crippen molar-refractivity contribution < 1.29 is 0 Å². The molecule has 0 radical (unpaired) electrons. The van der Waals surface area contributed by atoms with Gasteiger partial charge in [0.1, 0.15) is 0 Å². The van der Waals surface area contributed by atoms with Gasteiger partial charge < -0.3 is 10.2 Å². The Balaban J connectivity index is 2.33. The number of hydrogen-bond donors (Lipinski definition) is 1. The predicted octanol–water partition coefficient (Wildman–Crippen LogP) is 3.52. The summed E-state index contributed by atoms with van der Waals surface area (Å²) in [5.74, 6) is 0. The Hall–Kier alpha value is -0.0800. The van der Waals surface area contributed by atoms with Crippen molar-refractivity contribution in [2.24, 2.45) is 10.8 Å². The Kier molecular flexibility index (Phi) is 5.25. The van der Waals surface area contributed by atoms with Crippen LogP contribution in [0.15, 0.2) is 0 Å². The van der Waals surface area contributed by atoms with Crippen LogP contribution < -0.4 is 5.32 Å². The van der Waals surface area contributed by atoms with Crippen molar-refractivity contribution in [3.05, 3.63) is 0 Å². The van der Waals surface area contributed by atoms with Crippen LogP contribution in [-0.4, -0.2) is 36.6 Å². The predicted molar refractivity (Wildman–Crippen MR) is 81.0 cm³/mol. The zero-order valence-corrected chi connectivity index (χ0v) is 13.6. The molecule has 0 bridgehead atoms. The highest BCUT2D eigenvalue weighted by Gasteiger charge is 2.29. The van der Waals surface area contributed by atoms with E-state index in [-0.39, 0.29) is 0 Å². The van der Waals surface area contributed by atoms with Gasteiger partial charge in [-0.05, 0) is 43.7 Å². The molecule has 0 aromatic heterocycles. The summed E-state index contributed by atoms with van der Waals surface area (Å²) in [6.07, 6.45) is 2.60. The van der Waals surface area contributed by atoms with Crippen LogP contribution in [0.1, 0.15) is 61.3 Å². The van der Waals surface area contributed by atoms with Gasteiger partial charge in [-0.15, -0.1) is 0 Å². The minimum atomic E-state index is 0.395. The first kappa shape index (κ1) is 16.0. The summed E-state index contributed by atoms with van der Waals surface area (Å²) in [5, 5.41) is 3.73. The maximum atomic E-state index is 3.73. The lowest BCUT2D eigenvalue weighted by Gasteiger charge is -2.42. The molecule has 2 nitrogen and oxygen atoms in total. The van der Waals surface area contributed by atoms with Gasteiger partial charge >= 0.3 is 0 Å². The number of hydrogen-bond acceptors (Lipinski definition) is 2. The number of rotatable bonds is 3. The van der Waals surface area contributed by atoms with E-state index in [1.54, 1.807) is 0 Å². The molecule has 1 fully saturated rings. The monoisotopic (exact) mass is 254 g/mol. The van der Waals surface area contributed by atoms with E-state index in [4.69, 9.17) is 0 Å². The van der Waals surface area contributed by atoms with Gasteiger partial charge in [-0.3, -0.25) is 0 Å². The molecular weight excluding hydrogens is 220 g/mol. The quantitative estimate of drug-likeness (QED) is 0.829. The van der Waals surface area contributed by atoms with Gasteiger partial charge in [0.25, 0.3) is 0 Å². The standard InChI is InChI=1S/C16H34N2/c1-13(16(5,6)7)18-10-8-14(9-11-18)17-12-15(2,3)4/h13-14,17H,8-12H2,1-7H3. The molecule has 1 saturated heterocycles. The van der Waals surface area contributed by atoms with Crippen molar-refractivity contribution in [3.63, 3.8) is 0 Å². The molecule has 1 heterocycles. The smallest absolute Gasteiger partial charge is 0.0115 e. The van der Waals surface area contributed by atoms with E-state index in [0.29, 0.717) is 16.9 Å². The Bertz CT molecular complexity index is 239. The second-order valence-corrected chi connectivity index (χ2v) is 8.29. The van der Waals surface area contributed by atoms with Crippen molar-refractivity contribution in [1.82, 2.24) is 10.2 Å². The largest absolute Gasteiger partial charge is 0.313 e. The Morgan fingerprint density at radius 2 is 1.56 bits per heavy atom. The van der Waals surface area contributed by atoms with Gasteiger partial charge in [-0.1, -0.05) is 41.5 Å². The average Bonchev–Trinajstić information content (AvgIpc) is 2.24. The van der Waals surface area contributed by atoms with Crippen molar-refractivity contribution in [2.45, 2.75) is 73.4 Å². The number of nitrogens with one attached hydrogen (secondary N) is 1. The molecule has 108 valence electrons. The topological polar surface area (TPSA) is 15.3 Å². The number of piperidine rings is 1. The van der Waals surface area contributed by atoms with Crippen LogP contribution in [0.4, 0.5) is 0 Å². The summed E-state index contributed by atoms with van der Waals surface area (Å²) >= 11 is 0. The summed E-state index contributed by atoms with van der Waals surface area (Å²) in [4.78, 5) is 2.66. The Labute approximate surface area is 115 Å². The van der Waals surface area contributed by atoms with E-state index in [1.165, 1.54) is 25.9 Å². The number of likely N-dealkylation sites (tertiary alicyclic amines) is 1. The first-order valence-electron chi connectivity index (χ1n) is 7.57. The molecule has 2 heteroatoms. The number of nitrogens with zero attached hydrogens (tertiary/aromatic N) is 1. The molecule has 0 aromatic rings. The van der Waals surface area contributed by atoms with Crippen molar-refractivity contribution in [3.8, 4) is 0 Å². The lowest BCUT2D eigenvalue weighted by molar-refractivity contribution is 0.0807. The van der Waals surface area contributed by atoms with Crippen molar-refractivity contribution in [2.75, 3.05) is 19.6 Å². The maximum absolute atomic E-state index is 3.73. The second kappa shape index (κ2) is 5.92. The summed E-state index contributed by atoms with van der Waals surface area (Å²) in [5.41, 5.74) is 0.793. The minimum Gasteiger partial charge on any atom is -0.313 e. The van der Waals surface area contributed by atoms with Crippen LogP contribution in [0.3, 0.4) is 0 Å². The highest BCUT2D eigenvalue weighted by molar-refractivity contribution is 4.85. The van der Waals surface area contributed by atoms with Crippen LogP contribution in [0.25, 0.3) is 0 Å². The molecule has 0 aromatic carbocycles. The van der Waals surface area contributed by atoms with Gasteiger partial charge in [0.05, 0.1) is 0 Å². The van der Waals surface area contributed by atoms with Gasteiger partial charge in [0.2, 0.25) is 0 Å². The summed E-state index contributed by atoms with van der Waals surface area (Å²) in [6.45, 7) is 20.0. The fraction of sp³-hybridized carbons (Fsp3) is 1.00. The zero-order valence-electron chi connectivity index (χ0n) is 13.6. The molecule has 18 heavy (non-hydrogen) atoms. The highest BCUT2D eigenvalue weighted by atomic mass is 15.2. The van der Waals surface area contributed by atoms with E-state index in [1.807, 2.05) is 0 Å². The molecule has 0 spiro atoms. The molecule has 0 amide bonds. The maximum Gasteiger partial charge on any atom is 0.0115 e. The van der Waals surface area contributed by atoms with Crippen molar-refractivity contribution >= 4 is 0 Å². The summed E-state index contributed by atoms with van der Waals surface area (Å²) in [6, 6.07) is 1.41. The van der Waals surface area contributed by atoms with Crippen LogP contribution in [0.5, 0.6) is 0 Å². The minimum absolute atomic E-state index is 0.395. The molecule has 1 aliphatic heterocycles. The van der Waals surface area contributed by atoms with Crippen LogP contribution >= 0.6 is 0 Å². The third-order valence-corrected chi connectivity index (χ3v) is 4.25. The third-order valence-electron chi connectivity index (χ3n) is 4.25. The van der Waals surface area contributed by atoms with Gasteiger partial charge in [-0.2, -0.15) is 0 Å². The molecule has 0 saturated carbocycles. The molecule has 1 rings (SSSR count). The SMILES string of the molecule is CC(N1CCC(NCC(C)(C)C)CC1)C(C)(C)C. The molecule has 0 aliphatic carbocycles. The van der Waals surface area contributed by atoms with Gasteiger partial charge in [0, 0.05) is 18.6 Å². The second-order valence-electron chi connectivity index (χ2n) is 8.29. The zero-order chi connectivity index (χ0) is 14.0. The molecular formula is C16H34N2. The highest BCUT2D eigenvalue weighted by Crippen LogP contribution is 2.26. The fourth-order valence-electron chi connectivity index (χ4n) is 2.49. The van der Waals surface area contributed by atoms with E-state index in [9.17, 15) is 0 Å². The van der Waals surface area contributed by atoms with E-state index in [2.05, 4.69) is 58.7 Å². The third kappa shape index (κ3) is 5.27. The average molecular weight is 254 g/mol. The van der Waals surface area contributed by atoms with Crippen LogP contribution in [0.2, 0.25) is 0 Å². The summed E-state index contributed by atoms with van der Waals surface area (Å²) in [7, 11) is 0. The first-order valence-corrected chi connectivity index (χ1v) is 7.57. The molecule has 1 N–H and O–H groups in total. The summed E-state index contributed by atoms with van der Waals surface area (Å²) < 4.78 is 0. The van der Waals surface area contributed by atoms with Crippen LogP contribution in [0, 0.1) is 10.8 Å². The van der Waals surface area contributed by atoms with Crippen LogP contribution in [-0.2, 0) is 0 Å². The Morgan fingerprint density at radius 3 is 1.94 bits per heavy atom. The first-order chi connectivity index (χ1) is 8.09. The van der Waals surface area contributed by atoms with E-state index in [0.717, 1.165) is 12.6 Å². The lowest BCUT2D eigenvalue weighted by Crippen LogP contribution is -2.50. The van der Waals surface area contributed by atoms with Crippen molar-refractivity contribution in [1.29, 1.82) is 0 Å². The van der Waals surface area contributed by atoms with Gasteiger partial charge in [0.15, 0.2) is 0 Å². The normalized spacial score (nSPS) is 22.2. The Morgan fingerprint density at radius 1 is 1.06 bits per heavy atom. The van der Waals surface area contributed by atoms with Gasteiger partial charge in [-0.25, -0.2) is 0 Å².